The molecule has 2 rings (SSSR count). The molecule has 1 aromatic heterocycles. The van der Waals surface area contributed by atoms with Gasteiger partial charge in [-0.1, -0.05) is 6.92 Å². The van der Waals surface area contributed by atoms with Gasteiger partial charge >= 0.3 is 0 Å². The summed E-state index contributed by atoms with van der Waals surface area (Å²) in [5.74, 6) is 1.42. The van der Waals surface area contributed by atoms with Crippen molar-refractivity contribution in [3.05, 3.63) is 17.5 Å². The molecule has 0 amide bonds. The fraction of sp³-hybridized carbons (Fsp3) is 0.765. The molecule has 1 saturated carbocycles. The van der Waals surface area contributed by atoms with E-state index in [1.165, 1.54) is 25.0 Å². The molecule has 0 saturated heterocycles. The van der Waals surface area contributed by atoms with Gasteiger partial charge in [0.1, 0.15) is 0 Å². The van der Waals surface area contributed by atoms with Crippen LogP contribution in [0.5, 0.6) is 0 Å². The Kier molecular flexibility index (Phi) is 9.48. The fourth-order valence-corrected chi connectivity index (χ4v) is 3.96. The topological polar surface area (TPSA) is 54.2 Å². The van der Waals surface area contributed by atoms with Crippen molar-refractivity contribution < 1.29 is 0 Å². The lowest BCUT2D eigenvalue weighted by molar-refractivity contribution is 0.434. The first-order chi connectivity index (χ1) is 11.0. The van der Waals surface area contributed by atoms with E-state index < -0.39 is 0 Å². The lowest BCUT2D eigenvalue weighted by Gasteiger charge is -2.20. The number of nitrogens with one attached hydrogen (secondary N) is 2. The summed E-state index contributed by atoms with van der Waals surface area (Å²) in [5.41, 5.74) is 2.32. The van der Waals surface area contributed by atoms with Gasteiger partial charge in [-0.25, -0.2) is 0 Å². The molecule has 24 heavy (non-hydrogen) atoms. The molecule has 2 N–H and O–H groups in total. The van der Waals surface area contributed by atoms with Gasteiger partial charge in [0.25, 0.3) is 0 Å². The van der Waals surface area contributed by atoms with Crippen molar-refractivity contribution in [1.29, 1.82) is 0 Å². The maximum absolute atomic E-state index is 4.54. The molecule has 3 atom stereocenters. The van der Waals surface area contributed by atoms with E-state index in [9.17, 15) is 0 Å². The van der Waals surface area contributed by atoms with Gasteiger partial charge in [0.05, 0.1) is 5.69 Å². The molecular formula is C17H32IN5S. The van der Waals surface area contributed by atoms with Gasteiger partial charge in [-0.3, -0.25) is 9.67 Å². The molecule has 1 aliphatic carbocycles. The molecule has 0 spiro atoms. The number of rotatable bonds is 6. The second-order valence-corrected chi connectivity index (χ2v) is 7.82. The maximum atomic E-state index is 4.54. The Hall–Kier alpha value is -0.440. The van der Waals surface area contributed by atoms with Gasteiger partial charge in [-0.2, -0.15) is 16.9 Å². The molecule has 1 aromatic rings. The van der Waals surface area contributed by atoms with Crippen LogP contribution in [0.3, 0.4) is 0 Å². The predicted molar refractivity (Wildman–Crippen MR) is 116 cm³/mol. The van der Waals surface area contributed by atoms with Gasteiger partial charge in [0.15, 0.2) is 5.96 Å². The quantitative estimate of drug-likeness (QED) is 0.385. The van der Waals surface area contributed by atoms with Gasteiger partial charge < -0.3 is 10.6 Å². The van der Waals surface area contributed by atoms with E-state index in [1.807, 2.05) is 25.7 Å². The summed E-state index contributed by atoms with van der Waals surface area (Å²) in [5, 5.41) is 12.4. The predicted octanol–water partition coefficient (Wildman–Crippen LogP) is 3.20. The summed E-state index contributed by atoms with van der Waals surface area (Å²) >= 11 is 1.98. The summed E-state index contributed by atoms with van der Waals surface area (Å²) in [4.78, 5) is 4.37. The van der Waals surface area contributed by atoms with Crippen LogP contribution in [0.25, 0.3) is 0 Å². The van der Waals surface area contributed by atoms with Gasteiger partial charge in [-0.05, 0) is 51.3 Å². The second kappa shape index (κ2) is 10.5. The van der Waals surface area contributed by atoms with Crippen LogP contribution in [-0.4, -0.2) is 46.9 Å². The smallest absolute Gasteiger partial charge is 0.191 e. The number of thioether (sulfide) groups is 1. The highest BCUT2D eigenvalue weighted by Gasteiger charge is 2.24. The lowest BCUT2D eigenvalue weighted by atomic mass is 10.2. The zero-order valence-corrected chi connectivity index (χ0v) is 18.6. The number of aromatic nitrogens is 2. The first kappa shape index (κ1) is 21.6. The average molecular weight is 465 g/mol. The van der Waals surface area contributed by atoms with Crippen molar-refractivity contribution in [3.63, 3.8) is 0 Å². The first-order valence-corrected chi connectivity index (χ1v) is 9.81. The van der Waals surface area contributed by atoms with E-state index in [-0.39, 0.29) is 24.0 Å². The molecule has 0 radical (unpaired) electrons. The van der Waals surface area contributed by atoms with Crippen LogP contribution in [-0.2, 0) is 6.54 Å². The van der Waals surface area contributed by atoms with E-state index in [0.717, 1.165) is 30.0 Å². The number of nitrogens with zero attached hydrogens (tertiary/aromatic N) is 3. The van der Waals surface area contributed by atoms with Crippen molar-refractivity contribution in [1.82, 2.24) is 20.4 Å². The number of hydrogen-bond acceptors (Lipinski definition) is 3. The third kappa shape index (κ3) is 6.46. The van der Waals surface area contributed by atoms with Crippen molar-refractivity contribution in [2.75, 3.05) is 19.8 Å². The Balaban J connectivity index is 0.00000288. The van der Waals surface area contributed by atoms with Crippen LogP contribution in [0.15, 0.2) is 11.1 Å². The SMILES string of the molecule is CN=C(NCC(C)Cn1nc(C)cc1C)NC1CCC(SC)C1.I. The normalized spacial score (nSPS) is 22.1. The highest BCUT2D eigenvalue weighted by molar-refractivity contribution is 14.0. The van der Waals surface area contributed by atoms with Crippen LogP contribution in [0.4, 0.5) is 0 Å². The summed E-state index contributed by atoms with van der Waals surface area (Å²) in [6.45, 7) is 8.24. The Bertz CT molecular complexity index is 531. The van der Waals surface area contributed by atoms with Crippen molar-refractivity contribution in [2.45, 2.75) is 57.9 Å². The number of aliphatic imine (C=N–C) groups is 1. The molecule has 0 aliphatic heterocycles. The van der Waals surface area contributed by atoms with Gasteiger partial charge in [0.2, 0.25) is 0 Å². The van der Waals surface area contributed by atoms with Crippen molar-refractivity contribution in [2.24, 2.45) is 10.9 Å². The van der Waals surface area contributed by atoms with Crippen LogP contribution >= 0.6 is 35.7 Å². The van der Waals surface area contributed by atoms with Crippen molar-refractivity contribution >= 4 is 41.7 Å². The highest BCUT2D eigenvalue weighted by atomic mass is 127. The van der Waals surface area contributed by atoms with E-state index in [1.54, 1.807) is 0 Å². The highest BCUT2D eigenvalue weighted by Crippen LogP contribution is 2.27. The Morgan fingerprint density at radius 3 is 2.75 bits per heavy atom. The van der Waals surface area contributed by atoms with Gasteiger partial charge in [0, 0.05) is 37.1 Å². The summed E-state index contributed by atoms with van der Waals surface area (Å²) < 4.78 is 2.10. The average Bonchev–Trinajstić information content (AvgIpc) is 3.09. The number of hydrogen-bond donors (Lipinski definition) is 2. The van der Waals surface area contributed by atoms with E-state index in [2.05, 4.69) is 51.6 Å². The molecule has 5 nitrogen and oxygen atoms in total. The summed E-state index contributed by atoms with van der Waals surface area (Å²) in [6, 6.07) is 2.69. The molecule has 1 fully saturated rings. The minimum absolute atomic E-state index is 0. The minimum Gasteiger partial charge on any atom is -0.356 e. The standard InChI is InChI=1S/C17H31N5S.HI/c1-12(11-22-14(3)8-13(2)21-22)10-19-17(18-4)20-15-6-7-16(9-15)23-5;/h8,12,15-16H,6-7,9-11H2,1-5H3,(H2,18,19,20);1H. The third-order valence-corrected chi connectivity index (χ3v) is 5.58. The van der Waals surface area contributed by atoms with E-state index in [0.29, 0.717) is 12.0 Å². The fourth-order valence-electron chi connectivity index (χ4n) is 3.16. The van der Waals surface area contributed by atoms with Crippen molar-refractivity contribution in [3.8, 4) is 0 Å². The maximum Gasteiger partial charge on any atom is 0.191 e. The number of guanidine groups is 1. The second-order valence-electron chi connectivity index (χ2n) is 6.68. The molecule has 0 aromatic carbocycles. The molecule has 3 unspecified atom stereocenters. The molecule has 1 heterocycles. The van der Waals surface area contributed by atoms with Crippen LogP contribution < -0.4 is 10.6 Å². The van der Waals surface area contributed by atoms with E-state index in [4.69, 9.17) is 0 Å². The largest absolute Gasteiger partial charge is 0.356 e. The molecule has 0 bridgehead atoms. The van der Waals surface area contributed by atoms with Crippen LogP contribution in [0.2, 0.25) is 0 Å². The third-order valence-electron chi connectivity index (χ3n) is 4.49. The Labute approximate surface area is 167 Å². The Morgan fingerprint density at radius 1 is 1.46 bits per heavy atom. The molecule has 138 valence electrons. The van der Waals surface area contributed by atoms with Gasteiger partial charge in [-0.15, -0.1) is 24.0 Å². The van der Waals surface area contributed by atoms with Crippen LogP contribution in [0.1, 0.15) is 37.6 Å². The summed E-state index contributed by atoms with van der Waals surface area (Å²) in [6.07, 6.45) is 6.00. The van der Waals surface area contributed by atoms with Crippen LogP contribution in [0, 0.1) is 19.8 Å². The molecule has 7 heteroatoms. The monoisotopic (exact) mass is 465 g/mol. The minimum atomic E-state index is 0. The molecule has 1 aliphatic rings. The zero-order valence-electron chi connectivity index (χ0n) is 15.5. The Morgan fingerprint density at radius 2 is 2.21 bits per heavy atom. The molecular weight excluding hydrogens is 433 g/mol. The number of halogens is 1. The zero-order chi connectivity index (χ0) is 16.8. The lowest BCUT2D eigenvalue weighted by Crippen LogP contribution is -2.44. The summed E-state index contributed by atoms with van der Waals surface area (Å²) in [7, 11) is 1.85. The number of aryl methyl sites for hydroxylation is 2. The first-order valence-electron chi connectivity index (χ1n) is 8.52. The van der Waals surface area contributed by atoms with E-state index >= 15 is 0 Å².